The zero-order valence-corrected chi connectivity index (χ0v) is 15.5. The molecule has 0 saturated carbocycles. The summed E-state index contributed by atoms with van der Waals surface area (Å²) in [6.07, 6.45) is 2.40. The summed E-state index contributed by atoms with van der Waals surface area (Å²) in [4.78, 5) is 29.7. The van der Waals surface area contributed by atoms with E-state index in [0.717, 1.165) is 22.0 Å². The fourth-order valence-corrected chi connectivity index (χ4v) is 3.58. The molecule has 2 N–H and O–H groups in total. The molecule has 1 saturated heterocycles. The van der Waals surface area contributed by atoms with Crippen molar-refractivity contribution in [3.63, 3.8) is 0 Å². The van der Waals surface area contributed by atoms with E-state index in [2.05, 4.69) is 36.3 Å². The third kappa shape index (κ3) is 3.33. The van der Waals surface area contributed by atoms with E-state index in [1.54, 1.807) is 0 Å². The normalized spacial score (nSPS) is 17.1. The van der Waals surface area contributed by atoms with Crippen LogP contribution in [0, 0.1) is 0 Å². The molecule has 1 aromatic heterocycles. The second-order valence-electron chi connectivity index (χ2n) is 7.39. The topological polar surface area (TPSA) is 65.2 Å². The van der Waals surface area contributed by atoms with E-state index in [9.17, 15) is 9.59 Å². The van der Waals surface area contributed by atoms with Gasteiger partial charge in [0.15, 0.2) is 0 Å². The number of benzene rings is 2. The van der Waals surface area contributed by atoms with E-state index in [-0.39, 0.29) is 11.9 Å². The van der Waals surface area contributed by atoms with Crippen molar-refractivity contribution in [2.24, 2.45) is 0 Å². The number of hydrogen-bond donors (Lipinski definition) is 2. The summed E-state index contributed by atoms with van der Waals surface area (Å²) < 4.78 is 0. The first-order valence-electron chi connectivity index (χ1n) is 9.28. The number of aromatic nitrogens is 1. The average Bonchev–Trinajstić information content (AvgIpc) is 3.19. The lowest BCUT2D eigenvalue weighted by molar-refractivity contribution is -0.127. The number of aromatic amines is 1. The van der Waals surface area contributed by atoms with Crippen LogP contribution in [-0.2, 0) is 17.8 Å². The van der Waals surface area contributed by atoms with Crippen LogP contribution in [0.25, 0.3) is 10.9 Å². The fraction of sp³-hybridized carbons (Fsp3) is 0.273. The van der Waals surface area contributed by atoms with E-state index in [4.69, 9.17) is 0 Å². The monoisotopic (exact) mass is 361 g/mol. The molecule has 1 aliphatic rings. The molecule has 0 radical (unpaired) electrons. The van der Waals surface area contributed by atoms with Crippen molar-refractivity contribution in [3.05, 3.63) is 71.4 Å². The smallest absolute Gasteiger partial charge is 0.325 e. The molecule has 0 bridgehead atoms. The van der Waals surface area contributed by atoms with Gasteiger partial charge in [0.1, 0.15) is 6.04 Å². The second-order valence-corrected chi connectivity index (χ2v) is 7.39. The molecule has 27 heavy (non-hydrogen) atoms. The summed E-state index contributed by atoms with van der Waals surface area (Å²) in [5.41, 5.74) is 4.27. The summed E-state index contributed by atoms with van der Waals surface area (Å²) in [7, 11) is 0. The van der Waals surface area contributed by atoms with Crippen molar-refractivity contribution < 1.29 is 9.59 Å². The molecule has 1 atom stereocenters. The van der Waals surface area contributed by atoms with Gasteiger partial charge < -0.3 is 10.3 Å². The Kier molecular flexibility index (Phi) is 4.44. The minimum atomic E-state index is -0.522. The lowest BCUT2D eigenvalue weighted by Gasteiger charge is -2.14. The number of imide groups is 1. The van der Waals surface area contributed by atoms with Gasteiger partial charge in [-0.3, -0.25) is 9.69 Å². The zero-order valence-electron chi connectivity index (χ0n) is 15.5. The number of urea groups is 1. The third-order valence-corrected chi connectivity index (χ3v) is 5.19. The van der Waals surface area contributed by atoms with Crippen LogP contribution in [0.3, 0.4) is 0 Å². The fourth-order valence-electron chi connectivity index (χ4n) is 3.58. The van der Waals surface area contributed by atoms with Crippen LogP contribution in [-0.4, -0.2) is 27.9 Å². The van der Waals surface area contributed by atoms with Gasteiger partial charge in [0, 0.05) is 23.5 Å². The Balaban J connectivity index is 1.48. The summed E-state index contributed by atoms with van der Waals surface area (Å²) in [5, 5.41) is 3.92. The highest BCUT2D eigenvalue weighted by atomic mass is 16.2. The molecular weight excluding hydrogens is 338 g/mol. The highest BCUT2D eigenvalue weighted by molar-refractivity contribution is 6.04. The van der Waals surface area contributed by atoms with Gasteiger partial charge >= 0.3 is 6.03 Å². The Morgan fingerprint density at radius 2 is 1.78 bits per heavy atom. The number of amides is 3. The minimum Gasteiger partial charge on any atom is -0.361 e. The largest absolute Gasteiger partial charge is 0.361 e. The maximum atomic E-state index is 12.8. The van der Waals surface area contributed by atoms with Gasteiger partial charge in [-0.1, -0.05) is 56.3 Å². The maximum Gasteiger partial charge on any atom is 0.325 e. The van der Waals surface area contributed by atoms with Crippen molar-refractivity contribution in [3.8, 4) is 0 Å². The Bertz CT molecular complexity index is 988. The van der Waals surface area contributed by atoms with Crippen molar-refractivity contribution in [2.75, 3.05) is 0 Å². The van der Waals surface area contributed by atoms with Gasteiger partial charge in [-0.15, -0.1) is 0 Å². The molecule has 0 aliphatic carbocycles. The Morgan fingerprint density at radius 3 is 2.52 bits per heavy atom. The molecule has 1 fully saturated rings. The lowest BCUT2D eigenvalue weighted by Crippen LogP contribution is -2.32. The van der Waals surface area contributed by atoms with Crippen molar-refractivity contribution >= 4 is 22.8 Å². The van der Waals surface area contributed by atoms with Gasteiger partial charge in [-0.05, 0) is 28.7 Å². The molecule has 3 amide bonds. The molecule has 2 aromatic carbocycles. The van der Waals surface area contributed by atoms with E-state index in [1.807, 2.05) is 42.6 Å². The van der Waals surface area contributed by atoms with Crippen LogP contribution in [0.1, 0.15) is 36.5 Å². The highest BCUT2D eigenvalue weighted by Crippen LogP contribution is 2.22. The van der Waals surface area contributed by atoms with Crippen molar-refractivity contribution in [2.45, 2.75) is 38.8 Å². The number of fused-ring (bicyclic) bond motifs is 1. The molecule has 3 aromatic rings. The molecule has 2 heterocycles. The molecule has 1 aliphatic heterocycles. The van der Waals surface area contributed by atoms with Crippen LogP contribution < -0.4 is 5.32 Å². The van der Waals surface area contributed by atoms with Crippen LogP contribution in [0.2, 0.25) is 0 Å². The quantitative estimate of drug-likeness (QED) is 0.676. The van der Waals surface area contributed by atoms with Crippen molar-refractivity contribution in [1.29, 1.82) is 0 Å². The number of hydrogen-bond acceptors (Lipinski definition) is 2. The minimum absolute atomic E-state index is 0.168. The molecule has 1 unspecified atom stereocenters. The molecule has 4 rings (SSSR count). The molecule has 138 valence electrons. The van der Waals surface area contributed by atoms with Crippen LogP contribution in [0.4, 0.5) is 4.79 Å². The predicted molar refractivity (Wildman–Crippen MR) is 105 cm³/mol. The van der Waals surface area contributed by atoms with Crippen LogP contribution in [0.5, 0.6) is 0 Å². The third-order valence-electron chi connectivity index (χ3n) is 5.19. The second kappa shape index (κ2) is 6.91. The lowest BCUT2D eigenvalue weighted by atomic mass is 10.0. The predicted octanol–water partition coefficient (Wildman–Crippen LogP) is 3.95. The number of carbonyl (C=O) groups is 2. The van der Waals surface area contributed by atoms with E-state index < -0.39 is 6.04 Å². The molecule has 5 nitrogen and oxygen atoms in total. The van der Waals surface area contributed by atoms with Gasteiger partial charge in [-0.25, -0.2) is 4.79 Å². The summed E-state index contributed by atoms with van der Waals surface area (Å²) >= 11 is 0. The number of nitrogens with zero attached hydrogens (tertiary/aromatic N) is 1. The summed E-state index contributed by atoms with van der Waals surface area (Å²) in [5.74, 6) is 0.287. The van der Waals surface area contributed by atoms with E-state index in [1.165, 1.54) is 10.5 Å². The maximum absolute atomic E-state index is 12.8. The van der Waals surface area contributed by atoms with Crippen molar-refractivity contribution in [1.82, 2.24) is 15.2 Å². The number of rotatable bonds is 5. The number of carbonyl (C=O) groups excluding carboxylic acids is 2. The van der Waals surface area contributed by atoms with Gasteiger partial charge in [0.05, 0.1) is 6.54 Å². The van der Waals surface area contributed by atoms with Gasteiger partial charge in [-0.2, -0.15) is 0 Å². The molecule has 5 heteroatoms. The summed E-state index contributed by atoms with van der Waals surface area (Å²) in [6.45, 7) is 4.58. The molecule has 0 spiro atoms. The average molecular weight is 361 g/mol. The zero-order chi connectivity index (χ0) is 19.0. The summed E-state index contributed by atoms with van der Waals surface area (Å²) in [6, 6.07) is 15.2. The first-order valence-corrected chi connectivity index (χ1v) is 9.28. The first-order chi connectivity index (χ1) is 13.0. The highest BCUT2D eigenvalue weighted by Gasteiger charge is 2.38. The van der Waals surface area contributed by atoms with Crippen LogP contribution in [0.15, 0.2) is 54.7 Å². The van der Waals surface area contributed by atoms with Gasteiger partial charge in [0.2, 0.25) is 0 Å². The number of para-hydroxylation sites is 1. The number of H-pyrrole nitrogens is 1. The van der Waals surface area contributed by atoms with E-state index >= 15 is 0 Å². The Hall–Kier alpha value is -3.08. The SMILES string of the molecule is CC(C)c1ccc(CN2C(=O)NC(Cc3c[nH]c4ccccc34)C2=O)cc1. The van der Waals surface area contributed by atoms with Gasteiger partial charge in [0.25, 0.3) is 5.91 Å². The van der Waals surface area contributed by atoms with E-state index in [0.29, 0.717) is 18.9 Å². The van der Waals surface area contributed by atoms with Crippen LogP contribution >= 0.6 is 0 Å². The molecular formula is C22H23N3O2. The standard InChI is InChI=1S/C22H23N3O2/c1-14(2)16-9-7-15(8-10-16)13-25-21(26)20(24-22(25)27)11-17-12-23-19-6-4-3-5-18(17)19/h3-10,12,14,20,23H,11,13H2,1-2H3,(H,24,27). The number of nitrogens with one attached hydrogen (secondary N) is 2. The Labute approximate surface area is 158 Å². The first kappa shape index (κ1) is 17.3. The Morgan fingerprint density at radius 1 is 1.04 bits per heavy atom.